The molecule has 0 bridgehead atoms. The van der Waals surface area contributed by atoms with E-state index in [-0.39, 0.29) is 11.9 Å². The monoisotopic (exact) mass is 412 g/mol. The number of piperazine rings is 1. The highest BCUT2D eigenvalue weighted by Gasteiger charge is 2.26. The van der Waals surface area contributed by atoms with Crippen molar-refractivity contribution in [3.8, 4) is 0 Å². The minimum atomic E-state index is -0.273. The summed E-state index contributed by atoms with van der Waals surface area (Å²) >= 11 is 18.0. The van der Waals surface area contributed by atoms with Crippen molar-refractivity contribution < 1.29 is 4.79 Å². The Labute approximate surface area is 167 Å². The summed E-state index contributed by atoms with van der Waals surface area (Å²) in [6, 6.07) is 8.66. The number of hydrogen-bond donors (Lipinski definition) is 1. The molecule has 1 aliphatic rings. The molecule has 0 spiro atoms. The zero-order valence-electron chi connectivity index (χ0n) is 14.3. The zero-order valence-corrected chi connectivity index (χ0v) is 16.5. The Hall–Kier alpha value is -1.53. The Balaban J connectivity index is 1.57. The van der Waals surface area contributed by atoms with E-state index in [1.165, 1.54) is 0 Å². The molecule has 0 saturated carbocycles. The molecule has 1 aliphatic heterocycles. The van der Waals surface area contributed by atoms with Crippen molar-refractivity contribution in [2.75, 3.05) is 36.4 Å². The summed E-state index contributed by atoms with van der Waals surface area (Å²) in [5.41, 5.74) is 0.528. The molecule has 1 amide bonds. The van der Waals surface area contributed by atoms with Crippen LogP contribution in [0.4, 0.5) is 11.5 Å². The lowest BCUT2D eigenvalue weighted by atomic mass is 10.2. The zero-order chi connectivity index (χ0) is 18.7. The van der Waals surface area contributed by atoms with Crippen molar-refractivity contribution in [3.63, 3.8) is 0 Å². The van der Waals surface area contributed by atoms with Gasteiger partial charge in [-0.25, -0.2) is 4.98 Å². The first-order valence-corrected chi connectivity index (χ1v) is 9.44. The first kappa shape index (κ1) is 19.2. The highest BCUT2D eigenvalue weighted by Crippen LogP contribution is 2.29. The van der Waals surface area contributed by atoms with E-state index in [9.17, 15) is 4.79 Å². The third-order valence-electron chi connectivity index (χ3n) is 4.49. The average molecular weight is 414 g/mol. The van der Waals surface area contributed by atoms with Crippen LogP contribution in [0, 0.1) is 0 Å². The van der Waals surface area contributed by atoms with Crippen molar-refractivity contribution in [2.24, 2.45) is 0 Å². The number of amides is 1. The normalized spacial score (nSPS) is 16.4. The number of aromatic nitrogens is 1. The quantitative estimate of drug-likeness (QED) is 0.816. The third-order valence-corrected chi connectivity index (χ3v) is 5.53. The number of nitrogens with one attached hydrogen (secondary N) is 1. The van der Waals surface area contributed by atoms with Crippen LogP contribution in [-0.2, 0) is 4.79 Å². The summed E-state index contributed by atoms with van der Waals surface area (Å²) < 4.78 is 0. The molecule has 1 unspecified atom stereocenters. The second-order valence-electron chi connectivity index (χ2n) is 6.12. The maximum atomic E-state index is 12.6. The van der Waals surface area contributed by atoms with Gasteiger partial charge in [-0.05, 0) is 31.2 Å². The highest BCUT2D eigenvalue weighted by atomic mass is 35.5. The third kappa shape index (κ3) is 4.41. The molecular formula is C18H19Cl3N4O. The van der Waals surface area contributed by atoms with E-state index in [0.717, 1.165) is 32.0 Å². The first-order valence-electron chi connectivity index (χ1n) is 8.31. The Morgan fingerprint density at radius 1 is 1.12 bits per heavy atom. The Kier molecular flexibility index (Phi) is 6.24. The van der Waals surface area contributed by atoms with Gasteiger partial charge < -0.3 is 10.2 Å². The molecule has 3 rings (SSSR count). The highest BCUT2D eigenvalue weighted by molar-refractivity contribution is 6.44. The first-order chi connectivity index (χ1) is 12.5. The maximum absolute atomic E-state index is 12.6. The van der Waals surface area contributed by atoms with Crippen LogP contribution in [0.1, 0.15) is 6.92 Å². The van der Waals surface area contributed by atoms with Gasteiger partial charge in [0.2, 0.25) is 5.91 Å². The fourth-order valence-electron chi connectivity index (χ4n) is 2.90. The number of pyridine rings is 1. The fraction of sp³-hybridized carbons (Fsp3) is 0.333. The number of hydrogen-bond acceptors (Lipinski definition) is 4. The number of carbonyl (C=O) groups excluding carboxylic acids is 1. The van der Waals surface area contributed by atoms with Gasteiger partial charge in [0, 0.05) is 32.4 Å². The summed E-state index contributed by atoms with van der Waals surface area (Å²) in [5, 5.41) is 4.25. The Morgan fingerprint density at radius 3 is 2.50 bits per heavy atom. The SMILES string of the molecule is CC(C(=O)Nc1cccc(Cl)c1Cl)N1CCN(c2ccc(Cl)cn2)CC1. The lowest BCUT2D eigenvalue weighted by Gasteiger charge is -2.38. The van der Waals surface area contributed by atoms with E-state index in [1.54, 1.807) is 24.4 Å². The average Bonchev–Trinajstić information content (AvgIpc) is 2.65. The van der Waals surface area contributed by atoms with E-state index in [0.29, 0.717) is 20.8 Å². The van der Waals surface area contributed by atoms with Crippen LogP contribution in [-0.4, -0.2) is 48.0 Å². The van der Waals surface area contributed by atoms with Crippen molar-refractivity contribution in [1.29, 1.82) is 0 Å². The Bertz CT molecular complexity index is 777. The molecule has 26 heavy (non-hydrogen) atoms. The van der Waals surface area contributed by atoms with E-state index >= 15 is 0 Å². The summed E-state index contributed by atoms with van der Waals surface area (Å²) in [5.74, 6) is 0.795. The molecule has 1 saturated heterocycles. The second-order valence-corrected chi connectivity index (χ2v) is 7.35. The predicted octanol–water partition coefficient (Wildman–Crippen LogP) is 4.19. The van der Waals surface area contributed by atoms with Crippen LogP contribution in [0.3, 0.4) is 0 Å². The number of halogens is 3. The van der Waals surface area contributed by atoms with E-state index in [4.69, 9.17) is 34.8 Å². The lowest BCUT2D eigenvalue weighted by molar-refractivity contribution is -0.120. The number of rotatable bonds is 4. The van der Waals surface area contributed by atoms with Gasteiger partial charge >= 0.3 is 0 Å². The molecule has 1 N–H and O–H groups in total. The molecule has 2 aromatic rings. The molecule has 8 heteroatoms. The van der Waals surface area contributed by atoms with Crippen LogP contribution in [0.2, 0.25) is 15.1 Å². The van der Waals surface area contributed by atoms with Crippen LogP contribution in [0.25, 0.3) is 0 Å². The summed E-state index contributed by atoms with van der Waals surface area (Å²) in [6.45, 7) is 5.02. The minimum absolute atomic E-state index is 0.104. The molecule has 138 valence electrons. The van der Waals surface area contributed by atoms with Gasteiger partial charge in [0.05, 0.1) is 26.8 Å². The standard InChI is InChI=1S/C18H19Cl3N4O/c1-12(18(26)23-15-4-2-3-14(20)17(15)21)24-7-9-25(10-8-24)16-6-5-13(19)11-22-16/h2-6,11-12H,7-10H2,1H3,(H,23,26). The van der Waals surface area contributed by atoms with Gasteiger partial charge in [0.25, 0.3) is 0 Å². The molecule has 0 aliphatic carbocycles. The second kappa shape index (κ2) is 8.44. The number of anilines is 2. The molecule has 1 aromatic heterocycles. The number of benzene rings is 1. The van der Waals surface area contributed by atoms with Crippen molar-refractivity contribution >= 4 is 52.2 Å². The summed E-state index contributed by atoms with van der Waals surface area (Å²) in [7, 11) is 0. The molecule has 1 atom stereocenters. The fourth-order valence-corrected chi connectivity index (χ4v) is 3.36. The van der Waals surface area contributed by atoms with Crippen LogP contribution < -0.4 is 10.2 Å². The molecule has 2 heterocycles. The van der Waals surface area contributed by atoms with Crippen molar-refractivity contribution in [1.82, 2.24) is 9.88 Å². The van der Waals surface area contributed by atoms with Gasteiger partial charge in [-0.2, -0.15) is 0 Å². The van der Waals surface area contributed by atoms with Crippen molar-refractivity contribution in [3.05, 3.63) is 51.6 Å². The largest absolute Gasteiger partial charge is 0.354 e. The number of carbonyl (C=O) groups is 1. The van der Waals surface area contributed by atoms with Crippen LogP contribution in [0.5, 0.6) is 0 Å². The summed E-state index contributed by atoms with van der Waals surface area (Å²) in [6.07, 6.45) is 1.65. The molecule has 0 radical (unpaired) electrons. The maximum Gasteiger partial charge on any atom is 0.241 e. The van der Waals surface area contributed by atoms with E-state index in [1.807, 2.05) is 19.1 Å². The molecule has 1 aromatic carbocycles. The van der Waals surface area contributed by atoms with Gasteiger partial charge in [-0.3, -0.25) is 9.69 Å². The van der Waals surface area contributed by atoms with Crippen molar-refractivity contribution in [2.45, 2.75) is 13.0 Å². The van der Waals surface area contributed by atoms with E-state index < -0.39 is 0 Å². The number of nitrogens with zero attached hydrogens (tertiary/aromatic N) is 3. The topological polar surface area (TPSA) is 48.5 Å². The lowest BCUT2D eigenvalue weighted by Crippen LogP contribution is -2.53. The Morgan fingerprint density at radius 2 is 1.85 bits per heavy atom. The van der Waals surface area contributed by atoms with Gasteiger partial charge in [-0.15, -0.1) is 0 Å². The smallest absolute Gasteiger partial charge is 0.241 e. The summed E-state index contributed by atoms with van der Waals surface area (Å²) in [4.78, 5) is 21.2. The van der Waals surface area contributed by atoms with Crippen LogP contribution in [0.15, 0.2) is 36.5 Å². The van der Waals surface area contributed by atoms with Gasteiger partial charge in [0.15, 0.2) is 0 Å². The minimum Gasteiger partial charge on any atom is -0.354 e. The van der Waals surface area contributed by atoms with Crippen LogP contribution >= 0.6 is 34.8 Å². The molecular weight excluding hydrogens is 395 g/mol. The molecule has 1 fully saturated rings. The van der Waals surface area contributed by atoms with Gasteiger partial charge in [0.1, 0.15) is 5.82 Å². The predicted molar refractivity (Wildman–Crippen MR) is 108 cm³/mol. The van der Waals surface area contributed by atoms with E-state index in [2.05, 4.69) is 20.1 Å². The molecule has 5 nitrogen and oxygen atoms in total. The van der Waals surface area contributed by atoms with Gasteiger partial charge in [-0.1, -0.05) is 40.9 Å².